The molecule has 28 heavy (non-hydrogen) atoms. The minimum atomic E-state index is -0.242. The third-order valence-corrected chi connectivity index (χ3v) is 5.61. The number of carbonyl (C=O) groups excluding carboxylic acids is 1. The summed E-state index contributed by atoms with van der Waals surface area (Å²) < 4.78 is 1.33. The third kappa shape index (κ3) is 3.70. The number of rotatable bonds is 5. The second-order valence-corrected chi connectivity index (χ2v) is 7.45. The second-order valence-electron chi connectivity index (χ2n) is 6.37. The number of para-hydroxylation sites is 1. The van der Waals surface area contributed by atoms with E-state index in [1.54, 1.807) is 29.5 Å². The minimum Gasteiger partial charge on any atom is -0.350 e. The molecule has 0 aliphatic heterocycles. The van der Waals surface area contributed by atoms with Crippen molar-refractivity contribution in [2.45, 2.75) is 20.0 Å². The molecule has 0 saturated heterocycles. The van der Waals surface area contributed by atoms with Crippen LogP contribution in [0.5, 0.6) is 0 Å². The first-order chi connectivity index (χ1) is 13.6. The molecule has 2 heterocycles. The zero-order chi connectivity index (χ0) is 19.5. The topological polar surface area (TPSA) is 76.9 Å². The Balaban J connectivity index is 1.45. The molecule has 0 bridgehead atoms. The second kappa shape index (κ2) is 7.74. The predicted molar refractivity (Wildman–Crippen MR) is 110 cm³/mol. The predicted octanol–water partition coefficient (Wildman–Crippen LogP) is 3.14. The summed E-state index contributed by atoms with van der Waals surface area (Å²) in [5.41, 5.74) is 2.36. The van der Waals surface area contributed by atoms with E-state index in [2.05, 4.69) is 15.3 Å². The quantitative estimate of drug-likeness (QED) is 0.568. The van der Waals surface area contributed by atoms with Gasteiger partial charge in [0.05, 0.1) is 29.5 Å². The van der Waals surface area contributed by atoms with Crippen molar-refractivity contribution in [2.24, 2.45) is 0 Å². The van der Waals surface area contributed by atoms with Crippen LogP contribution in [0.25, 0.3) is 21.5 Å². The van der Waals surface area contributed by atoms with E-state index in [0.29, 0.717) is 17.4 Å². The van der Waals surface area contributed by atoms with Crippen molar-refractivity contribution in [3.63, 3.8) is 0 Å². The van der Waals surface area contributed by atoms with Crippen LogP contribution in [0, 0.1) is 6.92 Å². The maximum Gasteiger partial charge on any atom is 0.261 e. The zero-order valence-corrected chi connectivity index (χ0v) is 16.1. The van der Waals surface area contributed by atoms with Gasteiger partial charge in [0.25, 0.3) is 5.56 Å². The minimum absolute atomic E-state index is 0.0694. The van der Waals surface area contributed by atoms with Crippen molar-refractivity contribution in [1.82, 2.24) is 19.9 Å². The molecule has 2 aromatic heterocycles. The van der Waals surface area contributed by atoms with Gasteiger partial charge in [-0.3, -0.25) is 14.2 Å². The first kappa shape index (κ1) is 18.1. The summed E-state index contributed by atoms with van der Waals surface area (Å²) in [5.74, 6) is -0.242. The molecule has 4 rings (SSSR count). The smallest absolute Gasteiger partial charge is 0.261 e. The van der Waals surface area contributed by atoms with Gasteiger partial charge in [-0.15, -0.1) is 11.3 Å². The molecule has 0 aliphatic rings. The van der Waals surface area contributed by atoms with Crippen molar-refractivity contribution in [3.8, 4) is 10.6 Å². The van der Waals surface area contributed by atoms with Gasteiger partial charge in [-0.2, -0.15) is 0 Å². The van der Waals surface area contributed by atoms with Gasteiger partial charge < -0.3 is 5.32 Å². The van der Waals surface area contributed by atoms with Crippen molar-refractivity contribution < 1.29 is 4.79 Å². The number of benzene rings is 2. The molecular weight excluding hydrogens is 372 g/mol. The molecule has 7 heteroatoms. The van der Waals surface area contributed by atoms with E-state index >= 15 is 0 Å². The molecule has 0 saturated carbocycles. The summed E-state index contributed by atoms with van der Waals surface area (Å²) in [6.45, 7) is 2.24. The largest absolute Gasteiger partial charge is 0.350 e. The van der Waals surface area contributed by atoms with Crippen LogP contribution in [-0.4, -0.2) is 20.4 Å². The fourth-order valence-corrected chi connectivity index (χ4v) is 3.91. The van der Waals surface area contributed by atoms with Gasteiger partial charge in [-0.1, -0.05) is 42.5 Å². The van der Waals surface area contributed by atoms with Gasteiger partial charge in [0.1, 0.15) is 11.6 Å². The lowest BCUT2D eigenvalue weighted by Crippen LogP contribution is -2.32. The average molecular weight is 390 g/mol. The Hall–Kier alpha value is -3.32. The fourth-order valence-electron chi connectivity index (χ4n) is 2.90. The average Bonchev–Trinajstić information content (AvgIpc) is 3.10. The molecule has 2 aromatic carbocycles. The summed E-state index contributed by atoms with van der Waals surface area (Å²) in [5, 5.41) is 4.30. The van der Waals surface area contributed by atoms with Crippen molar-refractivity contribution in [3.05, 3.63) is 81.8 Å². The van der Waals surface area contributed by atoms with E-state index in [1.165, 1.54) is 10.9 Å². The Morgan fingerprint density at radius 3 is 2.68 bits per heavy atom. The monoisotopic (exact) mass is 390 g/mol. The molecular formula is C21H18N4O2S. The summed E-state index contributed by atoms with van der Waals surface area (Å²) >= 11 is 1.56. The van der Waals surface area contributed by atoms with Gasteiger partial charge in [0.2, 0.25) is 5.91 Å². The Morgan fingerprint density at radius 1 is 1.11 bits per heavy atom. The highest BCUT2D eigenvalue weighted by atomic mass is 32.1. The highest BCUT2D eigenvalue weighted by molar-refractivity contribution is 7.15. The normalized spacial score (nSPS) is 10.9. The van der Waals surface area contributed by atoms with Crippen LogP contribution in [0.1, 0.15) is 10.6 Å². The van der Waals surface area contributed by atoms with E-state index in [4.69, 9.17) is 0 Å². The summed E-state index contributed by atoms with van der Waals surface area (Å²) in [6, 6.07) is 17.0. The highest BCUT2D eigenvalue weighted by Crippen LogP contribution is 2.27. The molecule has 0 spiro atoms. The first-order valence-corrected chi connectivity index (χ1v) is 9.66. The number of hydrogen-bond donors (Lipinski definition) is 1. The van der Waals surface area contributed by atoms with E-state index < -0.39 is 0 Å². The Kier molecular flexibility index (Phi) is 4.99. The van der Waals surface area contributed by atoms with Gasteiger partial charge in [0, 0.05) is 10.4 Å². The Labute approximate surface area is 165 Å². The van der Waals surface area contributed by atoms with Gasteiger partial charge in [-0.25, -0.2) is 9.97 Å². The molecule has 0 atom stereocenters. The van der Waals surface area contributed by atoms with Crippen LogP contribution in [0.4, 0.5) is 0 Å². The highest BCUT2D eigenvalue weighted by Gasteiger charge is 2.12. The third-order valence-electron chi connectivity index (χ3n) is 4.40. The van der Waals surface area contributed by atoms with E-state index in [-0.39, 0.29) is 18.0 Å². The van der Waals surface area contributed by atoms with E-state index in [9.17, 15) is 9.59 Å². The fraction of sp³-hybridized carbons (Fsp3) is 0.143. The molecule has 4 aromatic rings. The van der Waals surface area contributed by atoms with Crippen LogP contribution in [0.15, 0.2) is 65.7 Å². The molecule has 1 amide bonds. The van der Waals surface area contributed by atoms with Crippen molar-refractivity contribution in [2.75, 3.05) is 0 Å². The Morgan fingerprint density at radius 2 is 1.86 bits per heavy atom. The van der Waals surface area contributed by atoms with Gasteiger partial charge in [0.15, 0.2) is 0 Å². The lowest BCUT2D eigenvalue weighted by molar-refractivity contribution is -0.121. The van der Waals surface area contributed by atoms with Crippen molar-refractivity contribution >= 4 is 28.1 Å². The van der Waals surface area contributed by atoms with Crippen LogP contribution < -0.4 is 10.9 Å². The number of thiazole rings is 1. The van der Waals surface area contributed by atoms with E-state index in [0.717, 1.165) is 21.1 Å². The number of carbonyl (C=O) groups is 1. The number of nitrogens with zero attached hydrogens (tertiary/aromatic N) is 3. The maximum absolute atomic E-state index is 12.5. The van der Waals surface area contributed by atoms with Crippen LogP contribution in [0.3, 0.4) is 0 Å². The van der Waals surface area contributed by atoms with Gasteiger partial charge >= 0.3 is 0 Å². The van der Waals surface area contributed by atoms with Crippen LogP contribution >= 0.6 is 11.3 Å². The number of fused-ring (bicyclic) bond motifs is 1. The molecule has 0 radical (unpaired) electrons. The number of hydrogen-bond acceptors (Lipinski definition) is 5. The maximum atomic E-state index is 12.5. The molecule has 140 valence electrons. The standard InChI is InChI=1S/C21H18N4O2S/c1-14-18(28-20(24-14)15-7-3-2-4-8-15)11-22-19(26)12-25-13-23-17-10-6-5-9-16(17)21(25)27/h2-10,13H,11-12H2,1H3,(H,22,26). The van der Waals surface area contributed by atoms with E-state index in [1.807, 2.05) is 43.3 Å². The lowest BCUT2D eigenvalue weighted by Gasteiger charge is -2.07. The SMILES string of the molecule is Cc1nc(-c2ccccc2)sc1CNC(=O)Cn1cnc2ccccc2c1=O. The molecule has 0 unspecified atom stereocenters. The molecule has 6 nitrogen and oxygen atoms in total. The summed E-state index contributed by atoms with van der Waals surface area (Å²) in [7, 11) is 0. The number of nitrogens with one attached hydrogen (secondary N) is 1. The summed E-state index contributed by atoms with van der Waals surface area (Å²) in [4.78, 5) is 34.7. The summed E-state index contributed by atoms with van der Waals surface area (Å²) in [6.07, 6.45) is 1.41. The zero-order valence-electron chi connectivity index (χ0n) is 15.3. The van der Waals surface area contributed by atoms with Crippen molar-refractivity contribution in [1.29, 1.82) is 0 Å². The van der Waals surface area contributed by atoms with Gasteiger partial charge in [-0.05, 0) is 19.1 Å². The lowest BCUT2D eigenvalue weighted by atomic mass is 10.2. The Bertz CT molecular complexity index is 1200. The first-order valence-electron chi connectivity index (χ1n) is 8.84. The number of amides is 1. The van der Waals surface area contributed by atoms with Crippen LogP contribution in [-0.2, 0) is 17.9 Å². The molecule has 0 aliphatic carbocycles. The molecule has 1 N–H and O–H groups in total. The number of aryl methyl sites for hydroxylation is 1. The molecule has 0 fully saturated rings. The van der Waals surface area contributed by atoms with Crippen LogP contribution in [0.2, 0.25) is 0 Å². The number of aromatic nitrogens is 3.